The Bertz CT molecular complexity index is 1010. The van der Waals surface area contributed by atoms with Gasteiger partial charge in [-0.3, -0.25) is 4.79 Å². The Morgan fingerprint density at radius 1 is 1.12 bits per heavy atom. The molecule has 0 saturated heterocycles. The normalized spacial score (nSPS) is 12.8. The molecule has 1 aliphatic rings. The van der Waals surface area contributed by atoms with E-state index in [1.54, 1.807) is 6.07 Å². The third kappa shape index (κ3) is 2.85. The summed E-state index contributed by atoms with van der Waals surface area (Å²) in [5, 5.41) is 1.05. The average Bonchev–Trinajstić information content (AvgIpc) is 2.69. The molecule has 134 valence electrons. The van der Waals surface area contributed by atoms with Crippen LogP contribution >= 0.6 is 0 Å². The smallest absolute Gasteiger partial charge is 0.323 e. The Hall–Kier alpha value is -3.09. The highest BCUT2D eigenvalue weighted by Gasteiger charge is 2.17. The molecule has 4 rings (SSSR count). The summed E-state index contributed by atoms with van der Waals surface area (Å²) in [6.45, 7) is 0.805. The predicted molar refractivity (Wildman–Crippen MR) is 96.0 cm³/mol. The largest absolute Gasteiger partial charge is 0.481 e. The zero-order valence-electron chi connectivity index (χ0n) is 14.7. The highest BCUT2D eigenvalue weighted by molar-refractivity contribution is 5.83. The number of rotatable bonds is 5. The summed E-state index contributed by atoms with van der Waals surface area (Å²) in [6, 6.07) is 9.69. The van der Waals surface area contributed by atoms with Crippen LogP contribution in [0.2, 0.25) is 0 Å². The van der Waals surface area contributed by atoms with Crippen molar-refractivity contribution in [1.29, 1.82) is 0 Å². The zero-order valence-corrected chi connectivity index (χ0v) is 14.7. The molecule has 7 nitrogen and oxygen atoms in total. The quantitative estimate of drug-likeness (QED) is 0.701. The molecule has 2 aromatic heterocycles. The first-order chi connectivity index (χ1) is 12.7. The van der Waals surface area contributed by atoms with Crippen LogP contribution in [0.25, 0.3) is 10.9 Å². The monoisotopic (exact) mass is 353 g/mol. The Morgan fingerprint density at radius 3 is 2.62 bits per heavy atom. The van der Waals surface area contributed by atoms with Crippen molar-refractivity contribution in [2.24, 2.45) is 0 Å². The van der Waals surface area contributed by atoms with Crippen LogP contribution in [-0.2, 0) is 19.6 Å². The van der Waals surface area contributed by atoms with E-state index >= 15 is 0 Å². The van der Waals surface area contributed by atoms with E-state index in [1.165, 1.54) is 19.8 Å². The summed E-state index contributed by atoms with van der Waals surface area (Å²) in [5.74, 6) is 0.670. The predicted octanol–water partition coefficient (Wildman–Crippen LogP) is 2.33. The van der Waals surface area contributed by atoms with Gasteiger partial charge in [-0.2, -0.15) is 9.97 Å². The summed E-state index contributed by atoms with van der Waals surface area (Å²) in [6.07, 6.45) is 1.97. The first-order valence-corrected chi connectivity index (χ1v) is 8.44. The van der Waals surface area contributed by atoms with Crippen LogP contribution < -0.4 is 19.8 Å². The van der Waals surface area contributed by atoms with Gasteiger partial charge in [0.15, 0.2) is 0 Å². The molecule has 0 N–H and O–H groups in total. The standard InChI is InChI=1S/C19H19N3O4/c1-24-15-10-16(25-2)21-19(20-15)26-11-14-9-13-6-3-5-12-7-4-8-22(17(12)13)18(14)23/h3,5-6,9-10H,4,7-8,11H2,1-2H3. The van der Waals surface area contributed by atoms with E-state index in [4.69, 9.17) is 14.2 Å². The number of ether oxygens (including phenoxy) is 3. The summed E-state index contributed by atoms with van der Waals surface area (Å²) in [5.41, 5.74) is 2.80. The van der Waals surface area contributed by atoms with Crippen LogP contribution in [0, 0.1) is 0 Å². The van der Waals surface area contributed by atoms with Crippen LogP contribution in [0.4, 0.5) is 0 Å². The molecule has 0 radical (unpaired) electrons. The lowest BCUT2D eigenvalue weighted by molar-refractivity contribution is 0.264. The molecule has 1 aliphatic heterocycles. The molecule has 7 heteroatoms. The van der Waals surface area contributed by atoms with Gasteiger partial charge in [0.05, 0.1) is 31.4 Å². The van der Waals surface area contributed by atoms with Gasteiger partial charge in [-0.25, -0.2) is 0 Å². The minimum atomic E-state index is -0.0282. The fraction of sp³-hybridized carbons (Fsp3) is 0.316. The lowest BCUT2D eigenvalue weighted by atomic mass is 10.0. The lowest BCUT2D eigenvalue weighted by Crippen LogP contribution is -2.28. The van der Waals surface area contributed by atoms with E-state index in [0.717, 1.165) is 30.3 Å². The van der Waals surface area contributed by atoms with Crippen molar-refractivity contribution in [3.05, 3.63) is 51.8 Å². The molecule has 0 aliphatic carbocycles. The molecule has 0 fully saturated rings. The van der Waals surface area contributed by atoms with E-state index in [2.05, 4.69) is 16.0 Å². The SMILES string of the molecule is COc1cc(OC)nc(OCc2cc3cccc4c3n(c2=O)CCC4)n1. The fourth-order valence-electron chi connectivity index (χ4n) is 3.33. The van der Waals surface area contributed by atoms with Gasteiger partial charge >= 0.3 is 6.01 Å². The number of hydrogen-bond acceptors (Lipinski definition) is 6. The number of methoxy groups -OCH3 is 2. The molecule has 0 atom stereocenters. The molecule has 26 heavy (non-hydrogen) atoms. The van der Waals surface area contributed by atoms with E-state index in [0.29, 0.717) is 17.3 Å². The van der Waals surface area contributed by atoms with Gasteiger partial charge in [-0.1, -0.05) is 18.2 Å². The lowest BCUT2D eigenvalue weighted by Gasteiger charge is -2.20. The van der Waals surface area contributed by atoms with E-state index < -0.39 is 0 Å². The van der Waals surface area contributed by atoms with Crippen LogP contribution in [0.5, 0.6) is 17.8 Å². The summed E-state index contributed by atoms with van der Waals surface area (Å²) < 4.78 is 17.7. The minimum Gasteiger partial charge on any atom is -0.481 e. The number of aromatic nitrogens is 3. The van der Waals surface area contributed by atoms with Gasteiger partial charge in [0, 0.05) is 6.54 Å². The minimum absolute atomic E-state index is 0.0282. The Balaban J connectivity index is 1.69. The Kier molecular flexibility index (Phi) is 4.20. The van der Waals surface area contributed by atoms with E-state index in [-0.39, 0.29) is 18.2 Å². The third-order valence-corrected chi connectivity index (χ3v) is 4.53. The number of pyridine rings is 1. The van der Waals surface area contributed by atoms with Crippen molar-refractivity contribution >= 4 is 10.9 Å². The molecule has 0 unspecified atom stereocenters. The van der Waals surface area contributed by atoms with Gasteiger partial charge in [0.1, 0.15) is 6.61 Å². The zero-order chi connectivity index (χ0) is 18.1. The summed E-state index contributed by atoms with van der Waals surface area (Å²) >= 11 is 0. The number of nitrogens with zero attached hydrogens (tertiary/aromatic N) is 3. The van der Waals surface area contributed by atoms with Crippen molar-refractivity contribution in [2.45, 2.75) is 26.0 Å². The van der Waals surface area contributed by atoms with Gasteiger partial charge in [0.2, 0.25) is 11.8 Å². The van der Waals surface area contributed by atoms with Crippen molar-refractivity contribution < 1.29 is 14.2 Å². The molecule has 0 saturated carbocycles. The molecular formula is C19H19N3O4. The van der Waals surface area contributed by atoms with Gasteiger partial charge < -0.3 is 18.8 Å². The Morgan fingerprint density at radius 2 is 1.88 bits per heavy atom. The number of hydrogen-bond donors (Lipinski definition) is 0. The van der Waals surface area contributed by atoms with E-state index in [1.807, 2.05) is 22.8 Å². The Labute approximate surface area is 150 Å². The molecule has 0 bridgehead atoms. The topological polar surface area (TPSA) is 75.5 Å². The molecular weight excluding hydrogens is 334 g/mol. The van der Waals surface area contributed by atoms with Gasteiger partial charge in [0.25, 0.3) is 5.56 Å². The first kappa shape index (κ1) is 16.4. The van der Waals surface area contributed by atoms with Crippen LogP contribution in [-0.4, -0.2) is 28.8 Å². The number of aryl methyl sites for hydroxylation is 2. The molecule has 3 heterocycles. The van der Waals surface area contributed by atoms with Crippen molar-refractivity contribution in [2.75, 3.05) is 14.2 Å². The maximum atomic E-state index is 12.9. The van der Waals surface area contributed by atoms with Crippen LogP contribution in [0.3, 0.4) is 0 Å². The molecule has 1 aromatic carbocycles. The summed E-state index contributed by atoms with van der Waals surface area (Å²) in [4.78, 5) is 21.1. The fourth-order valence-corrected chi connectivity index (χ4v) is 3.33. The summed E-state index contributed by atoms with van der Waals surface area (Å²) in [7, 11) is 3.01. The molecule has 3 aromatic rings. The third-order valence-electron chi connectivity index (χ3n) is 4.53. The number of para-hydroxylation sites is 1. The second-order valence-electron chi connectivity index (χ2n) is 6.11. The van der Waals surface area contributed by atoms with Crippen molar-refractivity contribution in [3.63, 3.8) is 0 Å². The average molecular weight is 353 g/mol. The number of benzene rings is 1. The maximum absolute atomic E-state index is 12.9. The van der Waals surface area contributed by atoms with Crippen molar-refractivity contribution in [1.82, 2.24) is 14.5 Å². The van der Waals surface area contributed by atoms with Crippen LogP contribution in [0.15, 0.2) is 35.1 Å². The molecule has 0 spiro atoms. The van der Waals surface area contributed by atoms with Gasteiger partial charge in [-0.15, -0.1) is 0 Å². The van der Waals surface area contributed by atoms with Crippen molar-refractivity contribution in [3.8, 4) is 17.8 Å². The molecule has 0 amide bonds. The second-order valence-corrected chi connectivity index (χ2v) is 6.11. The van der Waals surface area contributed by atoms with E-state index in [9.17, 15) is 4.79 Å². The highest BCUT2D eigenvalue weighted by Crippen LogP contribution is 2.24. The first-order valence-electron chi connectivity index (χ1n) is 8.44. The second kappa shape index (κ2) is 6.67. The highest BCUT2D eigenvalue weighted by atomic mass is 16.5. The van der Waals surface area contributed by atoms with Gasteiger partial charge in [-0.05, 0) is 29.9 Å². The van der Waals surface area contributed by atoms with Crippen LogP contribution in [0.1, 0.15) is 17.5 Å². The maximum Gasteiger partial charge on any atom is 0.323 e.